The number of nitrogens with one attached hydrogen (secondary N) is 1. The highest BCUT2D eigenvalue weighted by Crippen LogP contribution is 2.29. The van der Waals surface area contributed by atoms with Crippen LogP contribution >= 0.6 is 0 Å². The van der Waals surface area contributed by atoms with Crippen molar-refractivity contribution in [3.8, 4) is 11.5 Å². The zero-order chi connectivity index (χ0) is 18.1. The van der Waals surface area contributed by atoms with Gasteiger partial charge in [0.2, 0.25) is 0 Å². The minimum absolute atomic E-state index is 0.0802. The Balaban J connectivity index is 2.17. The average molecular weight is 348 g/mol. The summed E-state index contributed by atoms with van der Waals surface area (Å²) in [5, 5.41) is 3.35. The molecule has 1 aliphatic rings. The number of unbranched alkanes of at least 4 members (excludes halogenated alkanes) is 1. The minimum Gasteiger partial charge on any atom is -0.490 e. The zero-order valence-corrected chi connectivity index (χ0v) is 15.8. The van der Waals surface area contributed by atoms with Crippen LogP contribution in [0.1, 0.15) is 56.8 Å². The van der Waals surface area contributed by atoms with Crippen LogP contribution in [0.5, 0.6) is 11.5 Å². The first-order valence-corrected chi connectivity index (χ1v) is 9.62. The number of rotatable bonds is 10. The number of hydrogen-bond donors (Lipinski definition) is 1. The largest absolute Gasteiger partial charge is 0.490 e. The van der Waals surface area contributed by atoms with Gasteiger partial charge in [-0.25, -0.2) is 0 Å². The van der Waals surface area contributed by atoms with Crippen LogP contribution in [0.3, 0.4) is 0 Å². The molecule has 0 radical (unpaired) electrons. The molecule has 0 spiro atoms. The number of carbonyl (C=O) groups is 1. The molecule has 1 N–H and O–H groups in total. The van der Waals surface area contributed by atoms with Gasteiger partial charge in [-0.2, -0.15) is 0 Å². The third-order valence-corrected chi connectivity index (χ3v) is 4.45. The Morgan fingerprint density at radius 1 is 1.20 bits per heavy atom. The van der Waals surface area contributed by atoms with Crippen molar-refractivity contribution in [1.29, 1.82) is 0 Å². The summed E-state index contributed by atoms with van der Waals surface area (Å²) in [4.78, 5) is 15.1. The molecular weight excluding hydrogens is 316 g/mol. The van der Waals surface area contributed by atoms with E-state index in [1.807, 2.05) is 30.0 Å². The summed E-state index contributed by atoms with van der Waals surface area (Å²) < 4.78 is 11.5. The molecule has 1 amide bonds. The molecule has 1 fully saturated rings. The second-order valence-electron chi connectivity index (χ2n) is 6.44. The normalized spacial score (nSPS) is 16.7. The molecule has 1 heterocycles. The number of ether oxygens (including phenoxy) is 2. The standard InChI is InChI=1S/C20H32N2O3/c1-4-7-13-25-18-9-8-16(14-19(18)24-6-3)20(23)22(12-5-2)17-10-11-21-15-17/h8-9,14,17,21H,4-7,10-13,15H2,1-3H3. The molecule has 1 aliphatic heterocycles. The van der Waals surface area contributed by atoms with E-state index in [0.717, 1.165) is 51.1 Å². The topological polar surface area (TPSA) is 50.8 Å². The van der Waals surface area contributed by atoms with Crippen molar-refractivity contribution >= 4 is 5.91 Å². The van der Waals surface area contributed by atoms with E-state index in [2.05, 4.69) is 19.2 Å². The quantitative estimate of drug-likeness (QED) is 0.658. The fraction of sp³-hybridized carbons (Fsp3) is 0.650. The molecule has 1 atom stereocenters. The fourth-order valence-electron chi connectivity index (χ4n) is 3.12. The molecule has 0 bridgehead atoms. The van der Waals surface area contributed by atoms with E-state index in [9.17, 15) is 4.79 Å². The number of amides is 1. The first kappa shape index (κ1) is 19.6. The summed E-state index contributed by atoms with van der Waals surface area (Å²) in [5.41, 5.74) is 0.673. The first-order chi connectivity index (χ1) is 12.2. The van der Waals surface area contributed by atoms with Crippen molar-refractivity contribution in [2.45, 2.75) is 52.5 Å². The number of carbonyl (C=O) groups excluding carboxylic acids is 1. The molecule has 1 aromatic carbocycles. The lowest BCUT2D eigenvalue weighted by atomic mass is 10.1. The molecule has 5 nitrogen and oxygen atoms in total. The SMILES string of the molecule is CCCCOc1ccc(C(=O)N(CCC)C2CCNC2)cc1OCC. The third-order valence-electron chi connectivity index (χ3n) is 4.45. The maximum atomic E-state index is 13.1. The summed E-state index contributed by atoms with van der Waals surface area (Å²) >= 11 is 0. The van der Waals surface area contributed by atoms with Gasteiger partial charge in [0.25, 0.3) is 5.91 Å². The highest BCUT2D eigenvalue weighted by Gasteiger charge is 2.27. The zero-order valence-electron chi connectivity index (χ0n) is 15.8. The van der Waals surface area contributed by atoms with E-state index in [1.165, 1.54) is 0 Å². The summed E-state index contributed by atoms with van der Waals surface area (Å²) in [5.74, 6) is 1.46. The van der Waals surface area contributed by atoms with Gasteiger partial charge < -0.3 is 19.7 Å². The van der Waals surface area contributed by atoms with Crippen LogP contribution in [-0.2, 0) is 0 Å². The van der Waals surface area contributed by atoms with Crippen LogP contribution < -0.4 is 14.8 Å². The highest BCUT2D eigenvalue weighted by molar-refractivity contribution is 5.95. The molecule has 0 aromatic heterocycles. The molecule has 25 heavy (non-hydrogen) atoms. The second-order valence-corrected chi connectivity index (χ2v) is 6.44. The van der Waals surface area contributed by atoms with Crippen LogP contribution in [0.25, 0.3) is 0 Å². The molecule has 140 valence electrons. The van der Waals surface area contributed by atoms with Gasteiger partial charge in [-0.05, 0) is 50.9 Å². The molecule has 0 aliphatic carbocycles. The Morgan fingerprint density at radius 2 is 2.04 bits per heavy atom. The van der Waals surface area contributed by atoms with Gasteiger partial charge >= 0.3 is 0 Å². The molecule has 0 saturated carbocycles. The maximum absolute atomic E-state index is 13.1. The van der Waals surface area contributed by atoms with Crippen LogP contribution in [0.4, 0.5) is 0 Å². The van der Waals surface area contributed by atoms with E-state index in [4.69, 9.17) is 9.47 Å². The number of benzene rings is 1. The highest BCUT2D eigenvalue weighted by atomic mass is 16.5. The molecule has 1 saturated heterocycles. The fourth-order valence-corrected chi connectivity index (χ4v) is 3.12. The van der Waals surface area contributed by atoms with Gasteiger partial charge in [-0.3, -0.25) is 4.79 Å². The minimum atomic E-state index is 0.0802. The average Bonchev–Trinajstić information content (AvgIpc) is 3.15. The van der Waals surface area contributed by atoms with Crippen molar-refractivity contribution in [3.63, 3.8) is 0 Å². The van der Waals surface area contributed by atoms with Crippen LogP contribution in [0.2, 0.25) is 0 Å². The lowest BCUT2D eigenvalue weighted by Gasteiger charge is -2.28. The molecular formula is C20H32N2O3. The number of nitrogens with zero attached hydrogens (tertiary/aromatic N) is 1. The lowest BCUT2D eigenvalue weighted by Crippen LogP contribution is -2.42. The van der Waals surface area contributed by atoms with Gasteiger partial charge in [-0.15, -0.1) is 0 Å². The third kappa shape index (κ3) is 5.36. The van der Waals surface area contributed by atoms with Gasteiger partial charge in [0.05, 0.1) is 13.2 Å². The summed E-state index contributed by atoms with van der Waals surface area (Å²) in [6.07, 6.45) is 4.06. The van der Waals surface area contributed by atoms with Crippen molar-refractivity contribution in [2.24, 2.45) is 0 Å². The van der Waals surface area contributed by atoms with E-state index in [0.29, 0.717) is 24.5 Å². The molecule has 2 rings (SSSR count). The van der Waals surface area contributed by atoms with Crippen LogP contribution in [-0.4, -0.2) is 49.7 Å². The van der Waals surface area contributed by atoms with Gasteiger partial charge in [0.1, 0.15) is 0 Å². The van der Waals surface area contributed by atoms with Gasteiger partial charge in [0.15, 0.2) is 11.5 Å². The molecule has 5 heteroatoms. The van der Waals surface area contributed by atoms with E-state index in [-0.39, 0.29) is 11.9 Å². The van der Waals surface area contributed by atoms with Crippen molar-refractivity contribution in [2.75, 3.05) is 32.8 Å². The molecule has 1 aromatic rings. The predicted molar refractivity (Wildman–Crippen MR) is 101 cm³/mol. The lowest BCUT2D eigenvalue weighted by molar-refractivity contribution is 0.0691. The van der Waals surface area contributed by atoms with Crippen molar-refractivity contribution < 1.29 is 14.3 Å². The first-order valence-electron chi connectivity index (χ1n) is 9.62. The maximum Gasteiger partial charge on any atom is 0.254 e. The van der Waals surface area contributed by atoms with Gasteiger partial charge in [-0.1, -0.05) is 20.3 Å². The van der Waals surface area contributed by atoms with E-state index < -0.39 is 0 Å². The summed E-state index contributed by atoms with van der Waals surface area (Å²) in [6, 6.07) is 5.84. The van der Waals surface area contributed by atoms with Gasteiger partial charge in [0, 0.05) is 24.7 Å². The van der Waals surface area contributed by atoms with E-state index >= 15 is 0 Å². The Hall–Kier alpha value is -1.75. The Labute approximate surface area is 151 Å². The van der Waals surface area contributed by atoms with Crippen molar-refractivity contribution in [1.82, 2.24) is 10.2 Å². The summed E-state index contributed by atoms with van der Waals surface area (Å²) in [7, 11) is 0. The van der Waals surface area contributed by atoms with Crippen LogP contribution in [0.15, 0.2) is 18.2 Å². The molecule has 1 unspecified atom stereocenters. The van der Waals surface area contributed by atoms with Crippen molar-refractivity contribution in [3.05, 3.63) is 23.8 Å². The Morgan fingerprint density at radius 3 is 2.68 bits per heavy atom. The number of hydrogen-bond acceptors (Lipinski definition) is 4. The monoisotopic (exact) mass is 348 g/mol. The predicted octanol–water partition coefficient (Wildman–Crippen LogP) is 3.48. The second kappa shape index (κ2) is 10.3. The van der Waals surface area contributed by atoms with Crippen LogP contribution in [0, 0.1) is 0 Å². The summed E-state index contributed by atoms with van der Waals surface area (Å²) in [6.45, 7) is 10.0. The smallest absolute Gasteiger partial charge is 0.254 e. The Kier molecular flexibility index (Phi) is 8.06. The Bertz CT molecular complexity index is 542. The van der Waals surface area contributed by atoms with E-state index in [1.54, 1.807) is 0 Å².